The van der Waals surface area contributed by atoms with Crippen LogP contribution >= 0.6 is 11.8 Å². The lowest BCUT2D eigenvalue weighted by Gasteiger charge is -2.37. The van der Waals surface area contributed by atoms with E-state index < -0.39 is 12.0 Å². The average molecular weight is 458 g/mol. The summed E-state index contributed by atoms with van der Waals surface area (Å²) in [4.78, 5) is 34.3. The molecule has 0 bridgehead atoms. The van der Waals surface area contributed by atoms with Crippen LogP contribution in [0.4, 0.5) is 0 Å². The Bertz CT molecular complexity index is 1030. The molecule has 0 aliphatic carbocycles. The smallest absolute Gasteiger partial charge is 0.338 e. The summed E-state index contributed by atoms with van der Waals surface area (Å²) in [6.45, 7) is 3.39. The van der Waals surface area contributed by atoms with Gasteiger partial charge in [0, 0.05) is 30.4 Å². The Labute approximate surface area is 191 Å². The number of esters is 1. The lowest BCUT2D eigenvalue weighted by Crippen LogP contribution is -2.38. The van der Waals surface area contributed by atoms with Crippen LogP contribution in [-0.2, 0) is 14.3 Å². The molecule has 3 heterocycles. The first-order valence-electron chi connectivity index (χ1n) is 10.5. The van der Waals surface area contributed by atoms with Crippen molar-refractivity contribution in [1.29, 1.82) is 0 Å². The Morgan fingerprint density at radius 2 is 1.91 bits per heavy atom. The summed E-state index contributed by atoms with van der Waals surface area (Å²) in [5.41, 5.74) is 2.57. The third-order valence-corrected chi connectivity index (χ3v) is 6.82. The number of ether oxygens (including phenoxy) is 3. The van der Waals surface area contributed by atoms with Gasteiger partial charge in [0.15, 0.2) is 5.17 Å². The second-order valence-electron chi connectivity index (χ2n) is 7.76. The molecule has 4 rings (SSSR count). The predicted molar refractivity (Wildman–Crippen MR) is 122 cm³/mol. The minimum absolute atomic E-state index is 0.0851. The summed E-state index contributed by atoms with van der Waals surface area (Å²) in [5.74, 6) is 0.843. The van der Waals surface area contributed by atoms with Crippen LogP contribution in [0, 0.1) is 0 Å². The quantitative estimate of drug-likeness (QED) is 0.605. The molecule has 0 aromatic heterocycles. The SMILES string of the molecule is COC(=O)C1=C(C)N=C2SC=C(CC(=O)N3CCCC3)N2[C@@H]1c1ccc(OC)cc1OC. The number of methoxy groups -OCH3 is 3. The summed E-state index contributed by atoms with van der Waals surface area (Å²) in [7, 11) is 4.53. The van der Waals surface area contributed by atoms with Crippen LogP contribution in [0.2, 0.25) is 0 Å². The van der Waals surface area contributed by atoms with E-state index in [1.807, 2.05) is 27.3 Å². The number of thioether (sulfide) groups is 1. The molecular weight excluding hydrogens is 430 g/mol. The summed E-state index contributed by atoms with van der Waals surface area (Å²) in [6, 6.07) is 4.95. The summed E-state index contributed by atoms with van der Waals surface area (Å²) < 4.78 is 16.1. The third kappa shape index (κ3) is 3.97. The topological polar surface area (TPSA) is 80.7 Å². The second kappa shape index (κ2) is 9.28. The number of aliphatic imine (C=N–C) groups is 1. The zero-order valence-electron chi connectivity index (χ0n) is 18.7. The van der Waals surface area contributed by atoms with Gasteiger partial charge >= 0.3 is 5.97 Å². The largest absolute Gasteiger partial charge is 0.497 e. The van der Waals surface area contributed by atoms with Gasteiger partial charge < -0.3 is 24.0 Å². The van der Waals surface area contributed by atoms with Gasteiger partial charge in [0.1, 0.15) is 11.5 Å². The van der Waals surface area contributed by atoms with E-state index in [9.17, 15) is 9.59 Å². The number of nitrogens with zero attached hydrogens (tertiary/aromatic N) is 3. The first-order chi connectivity index (χ1) is 15.5. The van der Waals surface area contributed by atoms with E-state index in [4.69, 9.17) is 14.2 Å². The number of hydrogen-bond donors (Lipinski definition) is 0. The first-order valence-corrected chi connectivity index (χ1v) is 11.4. The van der Waals surface area contributed by atoms with Gasteiger partial charge in [0.2, 0.25) is 5.91 Å². The summed E-state index contributed by atoms with van der Waals surface area (Å²) in [5, 5.41) is 2.67. The molecule has 32 heavy (non-hydrogen) atoms. The molecule has 0 saturated carbocycles. The van der Waals surface area contributed by atoms with Crippen LogP contribution in [0.15, 0.2) is 45.6 Å². The zero-order valence-corrected chi connectivity index (χ0v) is 19.5. The molecule has 0 N–H and O–H groups in total. The van der Waals surface area contributed by atoms with E-state index in [0.717, 1.165) is 42.4 Å². The normalized spacial score (nSPS) is 20.1. The maximum atomic E-state index is 12.9. The monoisotopic (exact) mass is 457 g/mol. The highest BCUT2D eigenvalue weighted by Crippen LogP contribution is 2.47. The molecule has 1 aromatic rings. The molecule has 0 unspecified atom stereocenters. The van der Waals surface area contributed by atoms with E-state index in [-0.39, 0.29) is 12.3 Å². The highest BCUT2D eigenvalue weighted by Gasteiger charge is 2.42. The molecular formula is C23H27N3O5S. The van der Waals surface area contributed by atoms with Crippen molar-refractivity contribution in [2.24, 2.45) is 4.99 Å². The fraction of sp³-hybridized carbons (Fsp3) is 0.435. The number of benzene rings is 1. The van der Waals surface area contributed by atoms with Crippen LogP contribution in [0.3, 0.4) is 0 Å². The minimum atomic E-state index is -0.538. The van der Waals surface area contributed by atoms with Gasteiger partial charge in [0.05, 0.1) is 45.1 Å². The molecule has 9 heteroatoms. The summed E-state index contributed by atoms with van der Waals surface area (Å²) >= 11 is 1.45. The van der Waals surface area contributed by atoms with Gasteiger partial charge in [0.25, 0.3) is 0 Å². The Kier molecular flexibility index (Phi) is 6.45. The van der Waals surface area contributed by atoms with Gasteiger partial charge in [-0.05, 0) is 37.3 Å². The number of hydrogen-bond acceptors (Lipinski definition) is 8. The van der Waals surface area contributed by atoms with Gasteiger partial charge in [-0.3, -0.25) is 4.79 Å². The molecule has 3 aliphatic rings. The van der Waals surface area contributed by atoms with Crippen molar-refractivity contribution in [2.75, 3.05) is 34.4 Å². The molecule has 1 atom stereocenters. The first kappa shape index (κ1) is 22.3. The Balaban J connectivity index is 1.77. The van der Waals surface area contributed by atoms with Crippen LogP contribution in [-0.4, -0.2) is 61.3 Å². The molecule has 1 amide bonds. The van der Waals surface area contributed by atoms with Crippen molar-refractivity contribution < 1.29 is 23.8 Å². The third-order valence-electron chi connectivity index (χ3n) is 5.93. The van der Waals surface area contributed by atoms with E-state index in [1.165, 1.54) is 18.9 Å². The van der Waals surface area contributed by atoms with Crippen LogP contribution in [0.5, 0.6) is 11.5 Å². The van der Waals surface area contributed by atoms with Gasteiger partial charge in [-0.2, -0.15) is 0 Å². The molecule has 8 nitrogen and oxygen atoms in total. The molecule has 0 spiro atoms. The maximum absolute atomic E-state index is 12.9. The number of fused-ring (bicyclic) bond motifs is 1. The minimum Gasteiger partial charge on any atom is -0.497 e. The van der Waals surface area contributed by atoms with E-state index in [2.05, 4.69) is 4.99 Å². The lowest BCUT2D eigenvalue weighted by molar-refractivity contribution is -0.136. The number of amidine groups is 1. The van der Waals surface area contributed by atoms with Crippen LogP contribution in [0.25, 0.3) is 0 Å². The van der Waals surface area contributed by atoms with E-state index in [0.29, 0.717) is 22.8 Å². The molecule has 1 saturated heterocycles. The van der Waals surface area contributed by atoms with Crippen molar-refractivity contribution in [3.05, 3.63) is 46.1 Å². The number of rotatable bonds is 6. The van der Waals surface area contributed by atoms with Crippen molar-refractivity contribution in [3.8, 4) is 11.5 Å². The number of carbonyl (C=O) groups is 2. The molecule has 170 valence electrons. The fourth-order valence-electron chi connectivity index (χ4n) is 4.31. The van der Waals surface area contributed by atoms with Crippen molar-refractivity contribution in [1.82, 2.24) is 9.80 Å². The fourth-order valence-corrected chi connectivity index (χ4v) is 5.28. The average Bonchev–Trinajstić information content (AvgIpc) is 3.48. The Morgan fingerprint density at radius 1 is 1.16 bits per heavy atom. The van der Waals surface area contributed by atoms with Crippen LogP contribution in [0.1, 0.15) is 37.8 Å². The molecule has 0 radical (unpaired) electrons. The molecule has 1 aromatic carbocycles. The Hall–Kier alpha value is -2.94. The summed E-state index contributed by atoms with van der Waals surface area (Å²) in [6.07, 6.45) is 2.32. The zero-order chi connectivity index (χ0) is 22.8. The van der Waals surface area contributed by atoms with Gasteiger partial charge in [-0.15, -0.1) is 0 Å². The van der Waals surface area contributed by atoms with Gasteiger partial charge in [-0.25, -0.2) is 9.79 Å². The lowest BCUT2D eigenvalue weighted by atomic mass is 9.93. The van der Waals surface area contributed by atoms with Gasteiger partial charge in [-0.1, -0.05) is 11.8 Å². The van der Waals surface area contributed by atoms with E-state index >= 15 is 0 Å². The maximum Gasteiger partial charge on any atom is 0.338 e. The van der Waals surface area contributed by atoms with Crippen molar-refractivity contribution in [3.63, 3.8) is 0 Å². The molecule has 1 fully saturated rings. The van der Waals surface area contributed by atoms with Crippen molar-refractivity contribution >= 4 is 28.8 Å². The van der Waals surface area contributed by atoms with Crippen LogP contribution < -0.4 is 9.47 Å². The van der Waals surface area contributed by atoms with E-state index in [1.54, 1.807) is 27.2 Å². The van der Waals surface area contributed by atoms with Crippen molar-refractivity contribution in [2.45, 2.75) is 32.2 Å². The predicted octanol–water partition coefficient (Wildman–Crippen LogP) is 3.46. The highest BCUT2D eigenvalue weighted by atomic mass is 32.2. The number of likely N-dealkylation sites (tertiary alicyclic amines) is 1. The molecule has 3 aliphatic heterocycles. The number of amides is 1. The Morgan fingerprint density at radius 3 is 2.56 bits per heavy atom. The second-order valence-corrected chi connectivity index (χ2v) is 8.59. The standard InChI is InChI=1S/C23H27N3O5S/c1-14-20(22(28)31-4)21(17-8-7-16(29-2)12-18(17)30-3)26-15(13-32-23(26)24-14)11-19(27)25-9-5-6-10-25/h7-8,12-13,21H,5-6,9-11H2,1-4H3/t21-/m1/s1. The number of allylic oxidation sites excluding steroid dienone is 1. The number of carbonyl (C=O) groups excluding carboxylic acids is 2. The highest BCUT2D eigenvalue weighted by molar-refractivity contribution is 8.16.